The van der Waals surface area contributed by atoms with Gasteiger partial charge in [-0.3, -0.25) is 4.79 Å². The molecule has 0 amide bonds. The zero-order valence-corrected chi connectivity index (χ0v) is 9.07. The van der Waals surface area contributed by atoms with E-state index in [9.17, 15) is 20.1 Å². The lowest BCUT2D eigenvalue weighted by Gasteiger charge is -2.39. The Hall–Kier alpha value is -0.730. The van der Waals surface area contributed by atoms with Crippen LogP contribution in [0.4, 0.5) is 0 Å². The number of hydrogen-bond acceptors (Lipinski definition) is 7. The molecule has 0 aromatic heterocycles. The van der Waals surface area contributed by atoms with E-state index in [1.807, 2.05) is 0 Å². The van der Waals surface area contributed by atoms with Gasteiger partial charge in [-0.2, -0.15) is 0 Å². The fourth-order valence-corrected chi connectivity index (χ4v) is 1.45. The number of carbonyl (C=O) groups excluding carboxylic acids is 1. The van der Waals surface area contributed by atoms with Gasteiger partial charge in [-0.25, -0.2) is 0 Å². The van der Waals surface area contributed by atoms with Crippen molar-refractivity contribution in [1.29, 1.82) is 0 Å². The lowest BCUT2D eigenvalue weighted by molar-refractivity contribution is -0.295. The van der Waals surface area contributed by atoms with Gasteiger partial charge in [-0.1, -0.05) is 0 Å². The smallest absolute Gasteiger partial charge is 0.302 e. The van der Waals surface area contributed by atoms with Crippen LogP contribution in [0.2, 0.25) is 0 Å². The standard InChI is InChI=1S/C9H16O7/c1-4(10)15-3-5-6(11)7(12)8(13)9(14-2)16-5/h5-9,11-13H,3H2,1-2H3/t5-,6-,7+,8+,9+/m1/s1. The van der Waals surface area contributed by atoms with Gasteiger partial charge in [0.05, 0.1) is 0 Å². The summed E-state index contributed by atoms with van der Waals surface area (Å²) >= 11 is 0. The molecular weight excluding hydrogens is 220 g/mol. The summed E-state index contributed by atoms with van der Waals surface area (Å²) in [5.41, 5.74) is 0. The van der Waals surface area contributed by atoms with Gasteiger partial charge in [0.15, 0.2) is 6.29 Å². The van der Waals surface area contributed by atoms with Crippen LogP contribution >= 0.6 is 0 Å². The van der Waals surface area contributed by atoms with Crippen molar-refractivity contribution in [3.05, 3.63) is 0 Å². The van der Waals surface area contributed by atoms with Gasteiger partial charge < -0.3 is 29.5 Å². The van der Waals surface area contributed by atoms with Crippen molar-refractivity contribution in [3.8, 4) is 0 Å². The molecule has 1 rings (SSSR count). The molecule has 1 heterocycles. The molecule has 0 aromatic carbocycles. The Morgan fingerprint density at radius 1 is 1.25 bits per heavy atom. The second-order valence-electron chi connectivity index (χ2n) is 3.55. The number of carbonyl (C=O) groups is 1. The molecule has 0 unspecified atom stereocenters. The van der Waals surface area contributed by atoms with Crippen LogP contribution in [0.3, 0.4) is 0 Å². The predicted octanol–water partition coefficient (Wildman–Crippen LogP) is -2.00. The molecule has 16 heavy (non-hydrogen) atoms. The minimum atomic E-state index is -1.40. The van der Waals surface area contributed by atoms with Crippen LogP contribution in [0, 0.1) is 0 Å². The summed E-state index contributed by atoms with van der Waals surface area (Å²) in [5.74, 6) is -0.523. The van der Waals surface area contributed by atoms with Crippen molar-refractivity contribution in [3.63, 3.8) is 0 Å². The van der Waals surface area contributed by atoms with E-state index in [1.165, 1.54) is 14.0 Å². The first-order chi connectivity index (χ1) is 7.47. The zero-order chi connectivity index (χ0) is 12.3. The number of hydrogen-bond donors (Lipinski definition) is 3. The Kier molecular flexibility index (Phi) is 4.63. The van der Waals surface area contributed by atoms with E-state index in [0.717, 1.165) is 0 Å². The lowest BCUT2D eigenvalue weighted by Crippen LogP contribution is -2.59. The molecule has 1 aliphatic rings. The molecule has 0 aromatic rings. The van der Waals surface area contributed by atoms with Crippen molar-refractivity contribution >= 4 is 5.97 Å². The van der Waals surface area contributed by atoms with Gasteiger partial charge in [0.25, 0.3) is 0 Å². The highest BCUT2D eigenvalue weighted by Gasteiger charge is 2.44. The SMILES string of the molecule is CO[C@H]1O[C@H](COC(C)=O)[C@@H](O)[C@H](O)[C@@H]1O. The van der Waals surface area contributed by atoms with Gasteiger partial charge >= 0.3 is 5.97 Å². The molecule has 1 aliphatic heterocycles. The Morgan fingerprint density at radius 2 is 1.88 bits per heavy atom. The van der Waals surface area contributed by atoms with Gasteiger partial charge in [0.1, 0.15) is 31.0 Å². The molecule has 0 aliphatic carbocycles. The quantitative estimate of drug-likeness (QED) is 0.487. The van der Waals surface area contributed by atoms with E-state index >= 15 is 0 Å². The fourth-order valence-electron chi connectivity index (χ4n) is 1.45. The van der Waals surface area contributed by atoms with Gasteiger partial charge in [-0.05, 0) is 0 Å². The van der Waals surface area contributed by atoms with Crippen molar-refractivity contribution < 1.29 is 34.3 Å². The fraction of sp³-hybridized carbons (Fsp3) is 0.889. The van der Waals surface area contributed by atoms with Crippen molar-refractivity contribution in [2.24, 2.45) is 0 Å². The molecule has 0 bridgehead atoms. The van der Waals surface area contributed by atoms with Crippen LogP contribution in [0.1, 0.15) is 6.92 Å². The van der Waals surface area contributed by atoms with Crippen LogP contribution in [-0.4, -0.2) is 65.7 Å². The molecule has 0 saturated carbocycles. The summed E-state index contributed by atoms with van der Waals surface area (Å²) < 4.78 is 14.6. The minimum Gasteiger partial charge on any atom is -0.463 e. The highest BCUT2D eigenvalue weighted by atomic mass is 16.7. The second kappa shape index (κ2) is 5.55. The Morgan fingerprint density at radius 3 is 2.38 bits per heavy atom. The molecule has 7 nitrogen and oxygen atoms in total. The number of esters is 1. The van der Waals surface area contributed by atoms with Gasteiger partial charge in [0, 0.05) is 14.0 Å². The average Bonchev–Trinajstić information content (AvgIpc) is 2.25. The number of aliphatic hydroxyl groups is 3. The monoisotopic (exact) mass is 236 g/mol. The summed E-state index contributed by atoms with van der Waals surface area (Å²) in [5, 5.41) is 28.5. The summed E-state index contributed by atoms with van der Waals surface area (Å²) in [6, 6.07) is 0. The van der Waals surface area contributed by atoms with E-state index in [1.54, 1.807) is 0 Å². The van der Waals surface area contributed by atoms with Crippen LogP contribution in [0.25, 0.3) is 0 Å². The highest BCUT2D eigenvalue weighted by Crippen LogP contribution is 2.21. The summed E-state index contributed by atoms with van der Waals surface area (Å²) in [6.45, 7) is 1.01. The lowest BCUT2D eigenvalue weighted by atomic mass is 9.99. The maximum absolute atomic E-state index is 10.6. The molecular formula is C9H16O7. The first-order valence-electron chi connectivity index (χ1n) is 4.83. The van der Waals surface area contributed by atoms with E-state index in [2.05, 4.69) is 4.74 Å². The Balaban J connectivity index is 2.60. The largest absolute Gasteiger partial charge is 0.463 e. The first-order valence-corrected chi connectivity index (χ1v) is 4.83. The third kappa shape index (κ3) is 2.89. The van der Waals surface area contributed by atoms with Crippen molar-refractivity contribution in [2.75, 3.05) is 13.7 Å². The average molecular weight is 236 g/mol. The topological polar surface area (TPSA) is 105 Å². The Bertz CT molecular complexity index is 242. The minimum absolute atomic E-state index is 0.208. The molecule has 94 valence electrons. The van der Waals surface area contributed by atoms with Crippen molar-refractivity contribution in [2.45, 2.75) is 37.6 Å². The number of ether oxygens (including phenoxy) is 3. The second-order valence-corrected chi connectivity index (χ2v) is 3.55. The van der Waals surface area contributed by atoms with Crippen LogP contribution < -0.4 is 0 Å². The first kappa shape index (κ1) is 13.3. The van der Waals surface area contributed by atoms with Crippen LogP contribution in [0.15, 0.2) is 0 Å². The van der Waals surface area contributed by atoms with Crippen molar-refractivity contribution in [1.82, 2.24) is 0 Å². The number of rotatable bonds is 3. The number of aliphatic hydroxyl groups excluding tert-OH is 3. The van der Waals surface area contributed by atoms with Crippen LogP contribution in [0.5, 0.6) is 0 Å². The molecule has 0 spiro atoms. The maximum atomic E-state index is 10.6. The summed E-state index contributed by atoms with van der Waals surface area (Å²) in [4.78, 5) is 10.6. The van der Waals surface area contributed by atoms with Gasteiger partial charge in [0.2, 0.25) is 0 Å². The van der Waals surface area contributed by atoms with E-state index < -0.39 is 36.7 Å². The molecule has 7 heteroatoms. The van der Waals surface area contributed by atoms with E-state index in [4.69, 9.17) is 9.47 Å². The highest BCUT2D eigenvalue weighted by molar-refractivity contribution is 5.65. The third-order valence-electron chi connectivity index (χ3n) is 2.35. The summed E-state index contributed by atoms with van der Waals surface area (Å²) in [6.07, 6.45) is -6.06. The predicted molar refractivity (Wildman–Crippen MR) is 50.3 cm³/mol. The summed E-state index contributed by atoms with van der Waals surface area (Å²) in [7, 11) is 1.29. The molecule has 3 N–H and O–H groups in total. The molecule has 1 fully saturated rings. The third-order valence-corrected chi connectivity index (χ3v) is 2.35. The maximum Gasteiger partial charge on any atom is 0.302 e. The zero-order valence-electron chi connectivity index (χ0n) is 9.07. The van der Waals surface area contributed by atoms with E-state index in [-0.39, 0.29) is 6.61 Å². The number of methoxy groups -OCH3 is 1. The molecule has 0 radical (unpaired) electrons. The van der Waals surface area contributed by atoms with E-state index in [0.29, 0.717) is 0 Å². The molecule has 1 saturated heterocycles. The molecule has 5 atom stereocenters. The normalized spacial score (nSPS) is 39.4. The Labute approximate surface area is 92.5 Å². The van der Waals surface area contributed by atoms with Gasteiger partial charge in [-0.15, -0.1) is 0 Å². The van der Waals surface area contributed by atoms with Crippen LogP contribution in [-0.2, 0) is 19.0 Å².